The van der Waals surface area contributed by atoms with Crippen LogP contribution in [0.25, 0.3) is 0 Å². The number of carbonyl (C=O) groups is 3. The summed E-state index contributed by atoms with van der Waals surface area (Å²) in [7, 11) is 0. The van der Waals surface area contributed by atoms with E-state index in [2.05, 4.69) is 0 Å². The summed E-state index contributed by atoms with van der Waals surface area (Å²) in [5.74, 6) is -0.669. The van der Waals surface area contributed by atoms with Crippen LogP contribution >= 0.6 is 0 Å². The van der Waals surface area contributed by atoms with Gasteiger partial charge < -0.3 is 9.64 Å². The number of hydrogen-bond acceptors (Lipinski definition) is 4. The second kappa shape index (κ2) is 6.12. The third-order valence-electron chi connectivity index (χ3n) is 4.27. The Kier molecular flexibility index (Phi) is 4.17. The first-order valence-corrected chi connectivity index (χ1v) is 7.83. The number of carbonyl (C=O) groups excluding carboxylic acids is 3. The number of fused-ring (bicyclic) bond motifs is 1. The van der Waals surface area contributed by atoms with Gasteiger partial charge in [-0.3, -0.25) is 19.3 Å². The van der Waals surface area contributed by atoms with Crippen LogP contribution in [0.3, 0.4) is 0 Å². The van der Waals surface area contributed by atoms with Crippen LogP contribution in [0, 0.1) is 6.92 Å². The molecule has 1 aromatic rings. The number of imide groups is 1. The van der Waals surface area contributed by atoms with Gasteiger partial charge in [-0.2, -0.15) is 0 Å². The van der Waals surface area contributed by atoms with Gasteiger partial charge in [0, 0.05) is 26.1 Å². The fraction of sp³-hybridized carbons (Fsp3) is 0.471. The maximum absolute atomic E-state index is 12.4. The number of hydrogen-bond donors (Lipinski definition) is 0. The van der Waals surface area contributed by atoms with Crippen molar-refractivity contribution in [3.8, 4) is 0 Å². The molecule has 1 saturated heterocycles. The Morgan fingerprint density at radius 1 is 1.26 bits per heavy atom. The quantitative estimate of drug-likeness (QED) is 0.787. The standard InChI is InChI=1S/C17H20N2O4/c1-11-3-4-13-14(9-11)17(22)19(16(13)21)6-5-15(20)18-7-8-23-12(2)10-18/h3-4,9,12H,5-8,10H2,1-2H3. The average molecular weight is 316 g/mol. The molecule has 3 amide bonds. The van der Waals surface area contributed by atoms with Crippen LogP contribution < -0.4 is 0 Å². The Morgan fingerprint density at radius 3 is 2.74 bits per heavy atom. The van der Waals surface area contributed by atoms with Gasteiger partial charge in [0.2, 0.25) is 5.91 Å². The van der Waals surface area contributed by atoms with Crippen LogP contribution in [0.15, 0.2) is 18.2 Å². The summed E-state index contributed by atoms with van der Waals surface area (Å²) in [5, 5.41) is 0. The predicted molar refractivity (Wildman–Crippen MR) is 83.2 cm³/mol. The summed E-state index contributed by atoms with van der Waals surface area (Å²) < 4.78 is 5.41. The van der Waals surface area contributed by atoms with E-state index in [4.69, 9.17) is 4.74 Å². The number of benzene rings is 1. The molecule has 3 rings (SSSR count). The molecule has 2 aliphatic heterocycles. The first-order valence-electron chi connectivity index (χ1n) is 7.83. The van der Waals surface area contributed by atoms with Crippen molar-refractivity contribution < 1.29 is 19.1 Å². The zero-order valence-corrected chi connectivity index (χ0v) is 13.4. The molecule has 1 atom stereocenters. The van der Waals surface area contributed by atoms with Crippen molar-refractivity contribution in [1.82, 2.24) is 9.80 Å². The molecule has 0 bridgehead atoms. The first-order chi connectivity index (χ1) is 11.0. The van der Waals surface area contributed by atoms with Crippen LogP contribution in [-0.4, -0.2) is 59.9 Å². The number of morpholine rings is 1. The van der Waals surface area contributed by atoms with E-state index in [9.17, 15) is 14.4 Å². The summed E-state index contributed by atoms with van der Waals surface area (Å²) in [6.07, 6.45) is 0.173. The number of nitrogens with zero attached hydrogens (tertiary/aromatic N) is 2. The summed E-state index contributed by atoms with van der Waals surface area (Å²) in [5.41, 5.74) is 1.79. The number of aryl methyl sites for hydroxylation is 1. The van der Waals surface area contributed by atoms with Crippen molar-refractivity contribution in [2.24, 2.45) is 0 Å². The normalized spacial score (nSPS) is 20.9. The van der Waals surface area contributed by atoms with Crippen LogP contribution in [0.1, 0.15) is 39.6 Å². The number of amides is 3. The molecule has 2 aliphatic rings. The Balaban J connectivity index is 1.64. The fourth-order valence-electron chi connectivity index (χ4n) is 3.02. The highest BCUT2D eigenvalue weighted by molar-refractivity contribution is 6.21. The third kappa shape index (κ3) is 2.99. The highest BCUT2D eigenvalue weighted by Gasteiger charge is 2.35. The Bertz CT molecular complexity index is 671. The first kappa shape index (κ1) is 15.7. The van der Waals surface area contributed by atoms with E-state index in [1.165, 1.54) is 4.90 Å². The minimum Gasteiger partial charge on any atom is -0.375 e. The van der Waals surface area contributed by atoms with E-state index in [1.807, 2.05) is 19.9 Å². The van der Waals surface area contributed by atoms with E-state index in [0.29, 0.717) is 30.8 Å². The average Bonchev–Trinajstić information content (AvgIpc) is 2.76. The van der Waals surface area contributed by atoms with Gasteiger partial charge in [0.1, 0.15) is 0 Å². The van der Waals surface area contributed by atoms with Gasteiger partial charge in [0.25, 0.3) is 11.8 Å². The molecule has 1 fully saturated rings. The molecule has 1 aromatic carbocycles. The van der Waals surface area contributed by atoms with Gasteiger partial charge in [-0.15, -0.1) is 0 Å². The molecule has 0 saturated carbocycles. The lowest BCUT2D eigenvalue weighted by atomic mass is 10.1. The highest BCUT2D eigenvalue weighted by Crippen LogP contribution is 2.24. The second-order valence-corrected chi connectivity index (χ2v) is 6.08. The van der Waals surface area contributed by atoms with Crippen molar-refractivity contribution in [2.75, 3.05) is 26.2 Å². The van der Waals surface area contributed by atoms with Crippen LogP contribution in [-0.2, 0) is 9.53 Å². The topological polar surface area (TPSA) is 66.9 Å². The zero-order chi connectivity index (χ0) is 16.6. The Labute approximate surface area is 135 Å². The molecule has 0 aliphatic carbocycles. The second-order valence-electron chi connectivity index (χ2n) is 6.08. The minimum atomic E-state index is -0.312. The lowest BCUT2D eigenvalue weighted by Crippen LogP contribution is -2.45. The van der Waals surface area contributed by atoms with Crippen molar-refractivity contribution in [1.29, 1.82) is 0 Å². The van der Waals surface area contributed by atoms with E-state index >= 15 is 0 Å². The van der Waals surface area contributed by atoms with Crippen LogP contribution in [0.5, 0.6) is 0 Å². The minimum absolute atomic E-state index is 0.0231. The molecule has 0 aromatic heterocycles. The lowest BCUT2D eigenvalue weighted by Gasteiger charge is -2.31. The van der Waals surface area contributed by atoms with Gasteiger partial charge in [0.15, 0.2) is 0 Å². The molecule has 2 heterocycles. The Morgan fingerprint density at radius 2 is 2.00 bits per heavy atom. The summed E-state index contributed by atoms with van der Waals surface area (Å²) in [6.45, 7) is 5.57. The van der Waals surface area contributed by atoms with E-state index in [-0.39, 0.29) is 36.8 Å². The predicted octanol–water partition coefficient (Wildman–Crippen LogP) is 1.23. The number of ether oxygens (including phenoxy) is 1. The van der Waals surface area contributed by atoms with Crippen molar-refractivity contribution in [3.63, 3.8) is 0 Å². The summed E-state index contributed by atoms with van der Waals surface area (Å²) >= 11 is 0. The maximum Gasteiger partial charge on any atom is 0.261 e. The molecular formula is C17H20N2O4. The highest BCUT2D eigenvalue weighted by atomic mass is 16.5. The van der Waals surface area contributed by atoms with Crippen molar-refractivity contribution in [2.45, 2.75) is 26.4 Å². The largest absolute Gasteiger partial charge is 0.375 e. The lowest BCUT2D eigenvalue weighted by molar-refractivity contribution is -0.138. The van der Waals surface area contributed by atoms with E-state index < -0.39 is 0 Å². The van der Waals surface area contributed by atoms with Gasteiger partial charge in [-0.25, -0.2) is 0 Å². The maximum atomic E-state index is 12.4. The fourth-order valence-corrected chi connectivity index (χ4v) is 3.02. The summed E-state index contributed by atoms with van der Waals surface area (Å²) in [4.78, 5) is 39.8. The molecule has 122 valence electrons. The zero-order valence-electron chi connectivity index (χ0n) is 13.4. The van der Waals surface area contributed by atoms with Gasteiger partial charge >= 0.3 is 0 Å². The monoisotopic (exact) mass is 316 g/mol. The summed E-state index contributed by atoms with van der Waals surface area (Å²) in [6, 6.07) is 5.21. The third-order valence-corrected chi connectivity index (χ3v) is 4.27. The van der Waals surface area contributed by atoms with E-state index in [0.717, 1.165) is 5.56 Å². The van der Waals surface area contributed by atoms with Crippen LogP contribution in [0.2, 0.25) is 0 Å². The smallest absolute Gasteiger partial charge is 0.261 e. The Hall–Kier alpha value is -2.21. The van der Waals surface area contributed by atoms with Gasteiger partial charge in [-0.05, 0) is 26.0 Å². The number of rotatable bonds is 3. The molecule has 0 spiro atoms. The van der Waals surface area contributed by atoms with Crippen molar-refractivity contribution >= 4 is 17.7 Å². The molecule has 23 heavy (non-hydrogen) atoms. The molecule has 6 heteroatoms. The van der Waals surface area contributed by atoms with Gasteiger partial charge in [0.05, 0.1) is 23.8 Å². The molecule has 1 unspecified atom stereocenters. The van der Waals surface area contributed by atoms with Gasteiger partial charge in [-0.1, -0.05) is 11.6 Å². The van der Waals surface area contributed by atoms with Crippen LogP contribution in [0.4, 0.5) is 0 Å². The molecule has 6 nitrogen and oxygen atoms in total. The van der Waals surface area contributed by atoms with Crippen molar-refractivity contribution in [3.05, 3.63) is 34.9 Å². The molecule has 0 radical (unpaired) electrons. The SMILES string of the molecule is Cc1ccc2c(c1)C(=O)N(CCC(=O)N1CCOC(C)C1)C2=O. The molecular weight excluding hydrogens is 296 g/mol. The molecule has 0 N–H and O–H groups in total. The van der Waals surface area contributed by atoms with E-state index in [1.54, 1.807) is 17.0 Å².